The Morgan fingerprint density at radius 2 is 0.711 bits per heavy atom. The van der Waals surface area contributed by atoms with Crippen molar-refractivity contribution in [3.8, 4) is 0 Å². The molecule has 0 aromatic carbocycles. The highest BCUT2D eigenvalue weighted by atomic mass is 16.7. The molecule has 0 aliphatic carbocycles. The fraction of sp³-hybridized carbons (Fsp3) is 0.866. The lowest BCUT2D eigenvalue weighted by Gasteiger charge is -2.26. The summed E-state index contributed by atoms with van der Waals surface area (Å²) in [5.74, 6) is -2.26. The van der Waals surface area contributed by atoms with Crippen LogP contribution in [-0.2, 0) is 33.3 Å². The lowest BCUT2D eigenvalue weighted by molar-refractivity contribution is -0.870. The third-order valence-electron chi connectivity index (χ3n) is 14.6. The molecule has 0 aromatic heterocycles. The number of hydrogen-bond acceptors (Lipinski definition) is 8. The van der Waals surface area contributed by atoms with Gasteiger partial charge < -0.3 is 33.3 Å². The van der Waals surface area contributed by atoms with E-state index < -0.39 is 24.3 Å². The van der Waals surface area contributed by atoms with E-state index in [1.54, 1.807) is 0 Å². The molecule has 0 fully saturated rings. The summed E-state index contributed by atoms with van der Waals surface area (Å²) in [4.78, 5) is 37.4. The first kappa shape index (κ1) is 73.5. The molecule has 0 bridgehead atoms. The Morgan fingerprint density at radius 3 is 1.05 bits per heavy atom. The lowest BCUT2D eigenvalue weighted by atomic mass is 10.0. The van der Waals surface area contributed by atoms with E-state index in [2.05, 4.69) is 50.3 Å². The summed E-state index contributed by atoms with van der Waals surface area (Å²) in [6, 6.07) is 0. The van der Waals surface area contributed by atoms with Gasteiger partial charge in [-0.3, -0.25) is 9.59 Å². The first-order valence-electron chi connectivity index (χ1n) is 32.6. The van der Waals surface area contributed by atoms with Gasteiger partial charge in [0.05, 0.1) is 40.3 Å². The van der Waals surface area contributed by atoms with Crippen LogP contribution < -0.4 is 5.11 Å². The van der Waals surface area contributed by atoms with Crippen molar-refractivity contribution in [2.75, 3.05) is 47.5 Å². The third-order valence-corrected chi connectivity index (χ3v) is 14.6. The maximum Gasteiger partial charge on any atom is 0.306 e. The molecule has 0 saturated heterocycles. The van der Waals surface area contributed by atoms with Gasteiger partial charge in [-0.2, -0.15) is 0 Å². The number of rotatable bonds is 61. The smallest absolute Gasteiger partial charge is 0.306 e. The average Bonchev–Trinajstić information content (AvgIpc) is 3.39. The van der Waals surface area contributed by atoms with Gasteiger partial charge in [0, 0.05) is 12.8 Å². The van der Waals surface area contributed by atoms with Crippen molar-refractivity contribution >= 4 is 17.9 Å². The van der Waals surface area contributed by atoms with E-state index in [1.165, 1.54) is 238 Å². The van der Waals surface area contributed by atoms with Crippen molar-refractivity contribution < 1.29 is 42.9 Å². The number of likely N-dealkylation sites (N-methyl/N-ethyl adjacent to an activating group) is 1. The number of carboxylic acids is 1. The Kier molecular flexibility index (Phi) is 56.7. The molecule has 0 aliphatic rings. The molecule has 9 heteroatoms. The van der Waals surface area contributed by atoms with Gasteiger partial charge in [0.25, 0.3) is 0 Å². The number of aliphatic carboxylic acids is 1. The molecule has 0 aromatic rings. The number of quaternary nitrogens is 1. The van der Waals surface area contributed by atoms with E-state index in [1.807, 2.05) is 21.1 Å². The zero-order valence-corrected chi connectivity index (χ0v) is 50.9. The molecule has 0 heterocycles. The number of allylic oxidation sites excluding steroid dienone is 6. The standard InChI is InChI=1S/C67H125NO8/c1-6-8-10-12-14-16-18-20-22-24-26-27-28-29-30-31-32-33-34-35-36-37-38-39-40-42-44-46-48-50-52-54-56-58-65(70)76-63(62-75-67(66(71)72)73-60-59-68(3,4)5)61-74-64(69)57-55-53-51-49-47-45-43-41-25-23-21-19-17-15-13-11-9-7-2/h18,20,24,26,28-29,63,67H,6-17,19,21-23,25,27,30-62H2,1-5H3/b20-18-,26-24-,29-28-. The van der Waals surface area contributed by atoms with Crippen molar-refractivity contribution in [1.29, 1.82) is 0 Å². The minimum atomic E-state index is -1.62. The highest BCUT2D eigenvalue weighted by Crippen LogP contribution is 2.18. The molecule has 0 aliphatic heterocycles. The molecule has 0 saturated carbocycles. The van der Waals surface area contributed by atoms with Crippen LogP contribution in [0.3, 0.4) is 0 Å². The SMILES string of the molecule is CCCCCCC/C=C\C/C=C\C/C=C\CCCCCCCCCCCCCCCCCCCCC(=O)OC(COC(=O)CCCCCCCCCCCCCCCCCCCC)COC(OCC[N+](C)(C)C)C(=O)[O-]. The molecule has 0 amide bonds. The first-order valence-corrected chi connectivity index (χ1v) is 32.6. The highest BCUT2D eigenvalue weighted by Gasteiger charge is 2.22. The number of hydrogen-bond donors (Lipinski definition) is 0. The second kappa shape index (κ2) is 58.7. The van der Waals surface area contributed by atoms with Gasteiger partial charge in [-0.25, -0.2) is 0 Å². The van der Waals surface area contributed by atoms with Gasteiger partial charge in [0.15, 0.2) is 12.4 Å². The zero-order chi connectivity index (χ0) is 55.5. The summed E-state index contributed by atoms with van der Waals surface area (Å²) in [5.41, 5.74) is 0. The lowest BCUT2D eigenvalue weighted by Crippen LogP contribution is -2.44. The summed E-state index contributed by atoms with van der Waals surface area (Å²) >= 11 is 0. The Hall–Kier alpha value is -2.49. The Labute approximate surface area is 470 Å². The number of carboxylic acid groups (broad SMARTS) is 1. The Balaban J connectivity index is 4.07. The van der Waals surface area contributed by atoms with Crippen molar-refractivity contribution in [3.63, 3.8) is 0 Å². The second-order valence-electron chi connectivity index (χ2n) is 23.4. The zero-order valence-electron chi connectivity index (χ0n) is 50.9. The van der Waals surface area contributed by atoms with Gasteiger partial charge in [-0.1, -0.05) is 288 Å². The topological polar surface area (TPSA) is 111 Å². The summed E-state index contributed by atoms with van der Waals surface area (Å²) in [6.07, 6.45) is 69.3. The van der Waals surface area contributed by atoms with Crippen LogP contribution in [0.1, 0.15) is 316 Å². The minimum absolute atomic E-state index is 0.151. The fourth-order valence-electron chi connectivity index (χ4n) is 9.61. The molecule has 0 N–H and O–H groups in total. The van der Waals surface area contributed by atoms with Crippen LogP contribution >= 0.6 is 0 Å². The van der Waals surface area contributed by atoms with Crippen molar-refractivity contribution in [3.05, 3.63) is 36.5 Å². The number of unbranched alkanes of at least 4 members (excludes halogenated alkanes) is 40. The van der Waals surface area contributed by atoms with E-state index in [-0.39, 0.29) is 32.2 Å². The number of carbonyl (C=O) groups excluding carboxylic acids is 3. The third kappa shape index (κ3) is 59.2. The molecule has 2 unspecified atom stereocenters. The molecule has 0 rings (SSSR count). The number of carbonyl (C=O) groups is 3. The predicted octanol–water partition coefficient (Wildman–Crippen LogP) is 18.3. The Bertz CT molecular complexity index is 1340. The normalized spacial score (nSPS) is 12.9. The monoisotopic (exact) mass is 1070 g/mol. The summed E-state index contributed by atoms with van der Waals surface area (Å²) < 4.78 is 22.8. The van der Waals surface area contributed by atoms with Crippen LogP contribution in [-0.4, -0.2) is 82.3 Å². The van der Waals surface area contributed by atoms with E-state index in [0.717, 1.165) is 51.4 Å². The molecule has 9 nitrogen and oxygen atoms in total. The molecule has 446 valence electrons. The van der Waals surface area contributed by atoms with Gasteiger partial charge >= 0.3 is 11.9 Å². The molecule has 0 radical (unpaired) electrons. The summed E-state index contributed by atoms with van der Waals surface area (Å²) in [6.45, 7) is 4.79. The van der Waals surface area contributed by atoms with E-state index >= 15 is 0 Å². The van der Waals surface area contributed by atoms with Crippen LogP contribution in [0, 0.1) is 0 Å². The van der Waals surface area contributed by atoms with Gasteiger partial charge in [0.1, 0.15) is 13.2 Å². The van der Waals surface area contributed by atoms with E-state index in [4.69, 9.17) is 18.9 Å². The van der Waals surface area contributed by atoms with Crippen molar-refractivity contribution in [2.24, 2.45) is 0 Å². The maximum absolute atomic E-state index is 12.9. The maximum atomic E-state index is 12.9. The minimum Gasteiger partial charge on any atom is -0.545 e. The Morgan fingerprint density at radius 1 is 0.395 bits per heavy atom. The first-order chi connectivity index (χ1) is 37.1. The number of nitrogens with zero attached hydrogens (tertiary/aromatic N) is 1. The largest absolute Gasteiger partial charge is 0.545 e. The van der Waals surface area contributed by atoms with E-state index in [0.29, 0.717) is 17.4 Å². The quantitative estimate of drug-likeness (QED) is 0.0195. The summed E-state index contributed by atoms with van der Waals surface area (Å²) in [7, 11) is 5.94. The van der Waals surface area contributed by atoms with Crippen LogP contribution in [0.25, 0.3) is 0 Å². The van der Waals surface area contributed by atoms with Gasteiger partial charge in [-0.15, -0.1) is 0 Å². The molecule has 0 spiro atoms. The predicted molar refractivity (Wildman–Crippen MR) is 320 cm³/mol. The van der Waals surface area contributed by atoms with Gasteiger partial charge in [0.2, 0.25) is 0 Å². The number of esters is 2. The summed E-state index contributed by atoms with van der Waals surface area (Å²) in [5, 5.41) is 11.8. The second-order valence-corrected chi connectivity index (χ2v) is 23.4. The molecule has 2 atom stereocenters. The van der Waals surface area contributed by atoms with Crippen molar-refractivity contribution in [1.82, 2.24) is 0 Å². The molecular formula is C67H125NO8. The van der Waals surface area contributed by atoms with E-state index in [9.17, 15) is 19.5 Å². The van der Waals surface area contributed by atoms with Crippen LogP contribution in [0.4, 0.5) is 0 Å². The number of ether oxygens (including phenoxy) is 4. The van der Waals surface area contributed by atoms with Crippen LogP contribution in [0.15, 0.2) is 36.5 Å². The van der Waals surface area contributed by atoms with Crippen molar-refractivity contribution in [2.45, 2.75) is 328 Å². The molecule has 76 heavy (non-hydrogen) atoms. The fourth-order valence-corrected chi connectivity index (χ4v) is 9.61. The van der Waals surface area contributed by atoms with Gasteiger partial charge in [-0.05, 0) is 51.4 Å². The average molecular weight is 1070 g/mol. The highest BCUT2D eigenvalue weighted by molar-refractivity contribution is 5.70. The van der Waals surface area contributed by atoms with Crippen LogP contribution in [0.5, 0.6) is 0 Å². The molecular weight excluding hydrogens is 947 g/mol. The van der Waals surface area contributed by atoms with Crippen LogP contribution in [0.2, 0.25) is 0 Å².